The highest BCUT2D eigenvalue weighted by Gasteiger charge is 2.33. The fourth-order valence-electron chi connectivity index (χ4n) is 2.93. The average molecular weight is 483 g/mol. The van der Waals surface area contributed by atoms with Crippen molar-refractivity contribution < 1.29 is 32.4 Å². The lowest BCUT2D eigenvalue weighted by Crippen LogP contribution is -2.13. The number of carbonyl (C=O) groups is 1. The standard InChI is InChI=1S/C24H16F3N3O5/c1-34-22-12-15(11-16(14-28)23(31)29-18-5-3-2-4-6-18)7-9-21(22)35-20-10-8-17(24(25,26)27)13-19(20)30(32)33/h2-13H,1H3,(H,29,31)/b16-11+. The average Bonchev–Trinajstić information content (AvgIpc) is 2.83. The fraction of sp³-hybridized carbons (Fsp3) is 0.0833. The van der Waals surface area contributed by atoms with Crippen molar-refractivity contribution in [3.05, 3.63) is 93.5 Å². The highest BCUT2D eigenvalue weighted by molar-refractivity contribution is 6.09. The van der Waals surface area contributed by atoms with E-state index >= 15 is 0 Å². The molecule has 0 heterocycles. The van der Waals surface area contributed by atoms with Crippen molar-refractivity contribution in [3.8, 4) is 23.3 Å². The molecule has 1 amide bonds. The second-order valence-electron chi connectivity index (χ2n) is 6.94. The van der Waals surface area contributed by atoms with Crippen LogP contribution in [0.25, 0.3) is 6.08 Å². The molecule has 0 spiro atoms. The summed E-state index contributed by atoms with van der Waals surface area (Å²) in [5.41, 5.74) is -1.41. The molecule has 0 atom stereocenters. The Balaban J connectivity index is 1.89. The van der Waals surface area contributed by atoms with E-state index in [2.05, 4.69) is 5.32 Å². The van der Waals surface area contributed by atoms with Crippen LogP contribution in [0.15, 0.2) is 72.3 Å². The molecule has 8 nitrogen and oxygen atoms in total. The van der Waals surface area contributed by atoms with E-state index in [1.54, 1.807) is 30.3 Å². The molecule has 11 heteroatoms. The number of nitrogens with zero attached hydrogens (tertiary/aromatic N) is 2. The quantitative estimate of drug-likeness (QED) is 0.192. The number of hydrogen-bond donors (Lipinski definition) is 1. The molecule has 0 unspecified atom stereocenters. The summed E-state index contributed by atoms with van der Waals surface area (Å²) >= 11 is 0. The van der Waals surface area contributed by atoms with Gasteiger partial charge in [0.05, 0.1) is 17.6 Å². The van der Waals surface area contributed by atoms with Gasteiger partial charge in [0.15, 0.2) is 11.5 Å². The van der Waals surface area contributed by atoms with Gasteiger partial charge in [-0.2, -0.15) is 18.4 Å². The predicted molar refractivity (Wildman–Crippen MR) is 120 cm³/mol. The summed E-state index contributed by atoms with van der Waals surface area (Å²) in [6, 6.07) is 16.4. The smallest absolute Gasteiger partial charge is 0.416 e. The number of benzene rings is 3. The van der Waals surface area contributed by atoms with E-state index in [0.717, 1.165) is 6.07 Å². The number of amides is 1. The lowest BCUT2D eigenvalue weighted by Gasteiger charge is -2.13. The van der Waals surface area contributed by atoms with Crippen LogP contribution in [0.1, 0.15) is 11.1 Å². The Morgan fingerprint density at radius 1 is 1.06 bits per heavy atom. The van der Waals surface area contributed by atoms with Crippen molar-refractivity contribution in [1.29, 1.82) is 5.26 Å². The van der Waals surface area contributed by atoms with Crippen LogP contribution < -0.4 is 14.8 Å². The lowest BCUT2D eigenvalue weighted by atomic mass is 10.1. The van der Waals surface area contributed by atoms with E-state index in [1.165, 1.54) is 31.4 Å². The van der Waals surface area contributed by atoms with Gasteiger partial charge in [-0.05, 0) is 48.0 Å². The van der Waals surface area contributed by atoms with Crippen LogP contribution in [0, 0.1) is 21.4 Å². The minimum absolute atomic E-state index is 0.0280. The summed E-state index contributed by atoms with van der Waals surface area (Å²) in [6.45, 7) is 0. The first-order valence-electron chi connectivity index (χ1n) is 9.82. The summed E-state index contributed by atoms with van der Waals surface area (Å²) in [4.78, 5) is 22.7. The number of nitro groups is 1. The molecule has 178 valence electrons. The Morgan fingerprint density at radius 3 is 2.34 bits per heavy atom. The highest BCUT2D eigenvalue weighted by Crippen LogP contribution is 2.40. The Morgan fingerprint density at radius 2 is 1.74 bits per heavy atom. The van der Waals surface area contributed by atoms with Crippen molar-refractivity contribution >= 4 is 23.4 Å². The predicted octanol–water partition coefficient (Wildman–Crippen LogP) is 5.96. The van der Waals surface area contributed by atoms with Crippen molar-refractivity contribution in [2.75, 3.05) is 12.4 Å². The van der Waals surface area contributed by atoms with Crippen LogP contribution in [0.2, 0.25) is 0 Å². The van der Waals surface area contributed by atoms with Crippen LogP contribution in [-0.2, 0) is 11.0 Å². The molecule has 0 bridgehead atoms. The number of carbonyl (C=O) groups excluding carboxylic acids is 1. The minimum Gasteiger partial charge on any atom is -0.493 e. The maximum absolute atomic E-state index is 12.9. The van der Waals surface area contributed by atoms with E-state index < -0.39 is 34.0 Å². The molecule has 3 aromatic carbocycles. The van der Waals surface area contributed by atoms with Gasteiger partial charge in [-0.25, -0.2) is 0 Å². The van der Waals surface area contributed by atoms with Gasteiger partial charge in [0, 0.05) is 11.8 Å². The number of para-hydroxylation sites is 1. The molecule has 0 radical (unpaired) electrons. The third kappa shape index (κ3) is 6.14. The Bertz CT molecular complexity index is 1330. The zero-order chi connectivity index (χ0) is 25.6. The van der Waals surface area contributed by atoms with Crippen molar-refractivity contribution in [2.45, 2.75) is 6.18 Å². The summed E-state index contributed by atoms with van der Waals surface area (Å²) in [6.07, 6.45) is -3.47. The molecule has 35 heavy (non-hydrogen) atoms. The number of ether oxygens (including phenoxy) is 2. The van der Waals surface area contributed by atoms with E-state index in [1.807, 2.05) is 6.07 Å². The number of hydrogen-bond acceptors (Lipinski definition) is 6. The minimum atomic E-state index is -4.76. The third-order valence-electron chi connectivity index (χ3n) is 4.60. The Labute approximate surface area is 197 Å². The van der Waals surface area contributed by atoms with Gasteiger partial charge in [-0.3, -0.25) is 14.9 Å². The van der Waals surface area contributed by atoms with Crippen molar-refractivity contribution in [3.63, 3.8) is 0 Å². The number of anilines is 1. The molecule has 0 aliphatic carbocycles. The van der Waals surface area contributed by atoms with Gasteiger partial charge in [0.25, 0.3) is 5.91 Å². The van der Waals surface area contributed by atoms with Crippen molar-refractivity contribution in [1.82, 2.24) is 0 Å². The molecule has 0 aliphatic heterocycles. The number of rotatable bonds is 7. The molecule has 0 aromatic heterocycles. The van der Waals surface area contributed by atoms with Crippen LogP contribution in [0.3, 0.4) is 0 Å². The van der Waals surface area contributed by atoms with Crippen LogP contribution in [-0.4, -0.2) is 17.9 Å². The number of methoxy groups -OCH3 is 1. The number of alkyl halides is 3. The first kappa shape index (κ1) is 24.8. The topological polar surface area (TPSA) is 114 Å². The van der Waals surface area contributed by atoms with E-state index in [4.69, 9.17) is 9.47 Å². The second-order valence-corrected chi connectivity index (χ2v) is 6.94. The van der Waals surface area contributed by atoms with Gasteiger partial charge in [-0.1, -0.05) is 24.3 Å². The number of nitro benzene ring substituents is 1. The first-order chi connectivity index (χ1) is 16.6. The first-order valence-corrected chi connectivity index (χ1v) is 9.82. The maximum Gasteiger partial charge on any atom is 0.416 e. The number of halogens is 3. The Kier molecular flexibility index (Phi) is 7.36. The molecule has 0 fully saturated rings. The summed E-state index contributed by atoms with van der Waals surface area (Å²) in [5, 5.41) is 23.3. The van der Waals surface area contributed by atoms with Gasteiger partial charge in [0.2, 0.25) is 5.75 Å². The van der Waals surface area contributed by atoms with E-state index in [-0.39, 0.29) is 17.1 Å². The molecule has 0 aliphatic rings. The van der Waals surface area contributed by atoms with E-state index in [9.17, 15) is 33.3 Å². The van der Waals surface area contributed by atoms with Crippen molar-refractivity contribution in [2.24, 2.45) is 0 Å². The normalized spacial score (nSPS) is 11.3. The number of nitrogens with one attached hydrogen (secondary N) is 1. The van der Waals surface area contributed by atoms with E-state index in [0.29, 0.717) is 23.4 Å². The maximum atomic E-state index is 12.9. The molecule has 1 N–H and O–H groups in total. The fourth-order valence-corrected chi connectivity index (χ4v) is 2.93. The summed E-state index contributed by atoms with van der Waals surface area (Å²) in [7, 11) is 1.28. The van der Waals surface area contributed by atoms with Crippen LogP contribution in [0.5, 0.6) is 17.2 Å². The summed E-state index contributed by atoms with van der Waals surface area (Å²) in [5.74, 6) is -1.03. The van der Waals surface area contributed by atoms with Gasteiger partial charge >= 0.3 is 11.9 Å². The van der Waals surface area contributed by atoms with Gasteiger partial charge in [-0.15, -0.1) is 0 Å². The molecule has 0 saturated heterocycles. The summed E-state index contributed by atoms with van der Waals surface area (Å²) < 4.78 is 49.5. The zero-order valence-corrected chi connectivity index (χ0v) is 18.0. The largest absolute Gasteiger partial charge is 0.493 e. The molecule has 0 saturated carbocycles. The molecule has 3 aromatic rings. The molecular weight excluding hydrogens is 467 g/mol. The molecular formula is C24H16F3N3O5. The highest BCUT2D eigenvalue weighted by atomic mass is 19.4. The van der Waals surface area contributed by atoms with Gasteiger partial charge in [0.1, 0.15) is 11.6 Å². The monoisotopic (exact) mass is 483 g/mol. The second kappa shape index (κ2) is 10.4. The zero-order valence-electron chi connectivity index (χ0n) is 18.0. The third-order valence-corrected chi connectivity index (χ3v) is 4.60. The Hall–Kier alpha value is -4.85. The van der Waals surface area contributed by atoms with Crippen LogP contribution >= 0.6 is 0 Å². The lowest BCUT2D eigenvalue weighted by molar-refractivity contribution is -0.385. The van der Waals surface area contributed by atoms with Gasteiger partial charge < -0.3 is 14.8 Å². The SMILES string of the molecule is COc1cc(/C=C(\C#N)C(=O)Nc2ccccc2)ccc1Oc1ccc(C(F)(F)F)cc1[N+](=O)[O-]. The molecule has 3 rings (SSSR count). The van der Waals surface area contributed by atoms with Crippen LogP contribution in [0.4, 0.5) is 24.5 Å². The number of nitriles is 1.